The topological polar surface area (TPSA) is 89.7 Å². The lowest BCUT2D eigenvalue weighted by Gasteiger charge is -2.22. The largest absolute Gasteiger partial charge is 0.493 e. The molecule has 3 aromatic rings. The molecule has 0 spiro atoms. The van der Waals surface area contributed by atoms with Gasteiger partial charge in [-0.2, -0.15) is 0 Å². The summed E-state index contributed by atoms with van der Waals surface area (Å²) >= 11 is 10.2. The molecule has 0 aliphatic carbocycles. The number of H-pyrrole nitrogens is 1. The number of pyridine rings is 1. The number of hydrogen-bond donors (Lipinski definition) is 2. The molecule has 0 fully saturated rings. The highest BCUT2D eigenvalue weighted by molar-refractivity contribution is 9.10. The van der Waals surface area contributed by atoms with Gasteiger partial charge in [-0.3, -0.25) is 4.98 Å². The number of halogens is 2. The van der Waals surface area contributed by atoms with Crippen LogP contribution in [-0.4, -0.2) is 26.5 Å². The van der Waals surface area contributed by atoms with E-state index in [1.54, 1.807) is 18.5 Å². The highest BCUT2D eigenvalue weighted by Gasteiger charge is 2.23. The molecule has 1 aromatic carbocycles. The van der Waals surface area contributed by atoms with E-state index in [2.05, 4.69) is 35.9 Å². The second kappa shape index (κ2) is 10.1. The van der Waals surface area contributed by atoms with Crippen LogP contribution in [0.25, 0.3) is 11.1 Å². The molecule has 0 saturated heterocycles. The van der Waals surface area contributed by atoms with Crippen molar-refractivity contribution in [1.82, 2.24) is 19.9 Å². The van der Waals surface area contributed by atoms with E-state index in [0.29, 0.717) is 27.9 Å². The van der Waals surface area contributed by atoms with Gasteiger partial charge in [0.25, 0.3) is 0 Å². The Kier molecular flexibility index (Phi) is 7.51. The van der Waals surface area contributed by atoms with Crippen LogP contribution in [0.15, 0.2) is 47.5 Å². The van der Waals surface area contributed by atoms with Crippen LogP contribution < -0.4 is 10.5 Å². The van der Waals surface area contributed by atoms with E-state index in [1.807, 2.05) is 52.1 Å². The summed E-state index contributed by atoms with van der Waals surface area (Å²) in [7, 11) is 0. The fourth-order valence-corrected chi connectivity index (χ4v) is 3.94. The number of nitrogens with one attached hydrogen (secondary N) is 1. The highest BCUT2D eigenvalue weighted by Crippen LogP contribution is 2.43. The second-order valence-electron chi connectivity index (χ2n) is 7.10. The number of aromatic nitrogens is 4. The molecule has 0 saturated carbocycles. The van der Waals surface area contributed by atoms with Crippen molar-refractivity contribution in [2.45, 2.75) is 33.6 Å². The van der Waals surface area contributed by atoms with Crippen LogP contribution in [-0.2, 0) is 0 Å². The second-order valence-corrected chi connectivity index (χ2v) is 8.36. The molecule has 0 unspecified atom stereocenters. The van der Waals surface area contributed by atoms with Gasteiger partial charge >= 0.3 is 0 Å². The SMILES string of the molecule is CCOc1c([C@H](C)c2nccnc(N)cc(Br)[nH]2)cc(Cl)c(C)c1-c1ccc(C)nc1. The molecule has 2 heterocycles. The number of ether oxygens (including phenoxy) is 1. The maximum atomic E-state index is 6.68. The van der Waals surface area contributed by atoms with Gasteiger partial charge in [0, 0.05) is 58.0 Å². The first-order valence-electron chi connectivity index (χ1n) is 9.90. The Bertz CT molecular complexity index is 1130. The zero-order valence-corrected chi connectivity index (χ0v) is 20.3. The number of anilines is 1. The van der Waals surface area contributed by atoms with Gasteiger partial charge in [-0.15, -0.1) is 0 Å². The van der Waals surface area contributed by atoms with Crippen LogP contribution in [0.1, 0.15) is 42.4 Å². The number of nitrogens with two attached hydrogens (primary N) is 1. The molecule has 3 rings (SSSR count). The molecule has 0 aliphatic rings. The van der Waals surface area contributed by atoms with E-state index in [-0.39, 0.29) is 5.92 Å². The van der Waals surface area contributed by atoms with Crippen molar-refractivity contribution in [3.63, 3.8) is 0 Å². The number of benzene rings is 1. The first-order valence-corrected chi connectivity index (χ1v) is 11.1. The third-order valence-corrected chi connectivity index (χ3v) is 5.72. The van der Waals surface area contributed by atoms with Gasteiger partial charge in [0.1, 0.15) is 17.4 Å². The molecule has 0 radical (unpaired) electrons. The van der Waals surface area contributed by atoms with E-state index < -0.39 is 0 Å². The Morgan fingerprint density at radius 3 is 2.58 bits per heavy atom. The Morgan fingerprint density at radius 2 is 1.90 bits per heavy atom. The predicted octanol–water partition coefficient (Wildman–Crippen LogP) is 6.16. The monoisotopic (exact) mass is 501 g/mol. The van der Waals surface area contributed by atoms with Crippen LogP contribution in [0.5, 0.6) is 5.75 Å². The molecule has 1 atom stereocenters. The van der Waals surface area contributed by atoms with Gasteiger partial charge in [0.15, 0.2) is 0 Å². The summed E-state index contributed by atoms with van der Waals surface area (Å²) in [6.07, 6.45) is 5.01. The molecular formula is C23H25BrClN5O. The molecule has 2 aromatic heterocycles. The highest BCUT2D eigenvalue weighted by atomic mass is 79.9. The Labute approximate surface area is 195 Å². The fourth-order valence-electron chi connectivity index (χ4n) is 3.29. The van der Waals surface area contributed by atoms with E-state index in [9.17, 15) is 0 Å². The lowest BCUT2D eigenvalue weighted by Crippen LogP contribution is -2.07. The lowest BCUT2D eigenvalue weighted by atomic mass is 9.91. The Balaban J connectivity index is 2.26. The van der Waals surface area contributed by atoms with Crippen molar-refractivity contribution in [2.75, 3.05) is 12.3 Å². The number of nitrogen functional groups attached to an aromatic ring is 1. The lowest BCUT2D eigenvalue weighted by molar-refractivity contribution is 0.336. The summed E-state index contributed by atoms with van der Waals surface area (Å²) in [6, 6.07) is 7.65. The number of nitrogens with zero attached hydrogens (tertiary/aromatic N) is 3. The van der Waals surface area contributed by atoms with Crippen molar-refractivity contribution in [3.8, 4) is 16.9 Å². The molecule has 8 heteroatoms. The summed E-state index contributed by atoms with van der Waals surface area (Å²) in [5.74, 6) is 1.66. The predicted molar refractivity (Wildman–Crippen MR) is 129 cm³/mol. The van der Waals surface area contributed by atoms with Crippen molar-refractivity contribution >= 4 is 33.3 Å². The molecule has 162 valence electrons. The number of rotatable bonds is 5. The standard InChI is InChI=1S/C23H25BrClN5O/c1-5-31-22-17(14(3)23-28-9-8-27-20(26)11-19(24)30-23)10-18(25)15(4)21(22)16-7-6-13(2)29-12-16/h6-12,14H,5H2,1-4H3,(H2,26,27)(H,28,30)/t14-/m0/s1. The summed E-state index contributed by atoms with van der Waals surface area (Å²) < 4.78 is 6.82. The van der Waals surface area contributed by atoms with Crippen LogP contribution in [0.3, 0.4) is 0 Å². The summed E-state index contributed by atoms with van der Waals surface area (Å²) in [4.78, 5) is 16.4. The van der Waals surface area contributed by atoms with Gasteiger partial charge in [0.2, 0.25) is 0 Å². The van der Waals surface area contributed by atoms with Crippen molar-refractivity contribution in [3.05, 3.63) is 75.1 Å². The van der Waals surface area contributed by atoms with Gasteiger partial charge in [0.05, 0.1) is 11.2 Å². The van der Waals surface area contributed by atoms with Crippen molar-refractivity contribution in [2.24, 2.45) is 0 Å². The van der Waals surface area contributed by atoms with E-state index >= 15 is 0 Å². The summed E-state index contributed by atoms with van der Waals surface area (Å²) in [5, 5.41) is 0.655. The summed E-state index contributed by atoms with van der Waals surface area (Å²) in [6.45, 7) is 8.48. The molecule has 3 N–H and O–H groups in total. The summed E-state index contributed by atoms with van der Waals surface area (Å²) in [5.41, 5.74) is 10.5. The quantitative estimate of drug-likeness (QED) is 0.436. The van der Waals surface area contributed by atoms with Crippen LogP contribution in [0.4, 0.5) is 5.82 Å². The van der Waals surface area contributed by atoms with Gasteiger partial charge in [-0.1, -0.05) is 24.6 Å². The van der Waals surface area contributed by atoms with Gasteiger partial charge < -0.3 is 15.5 Å². The smallest absolute Gasteiger partial charge is 0.131 e. The Morgan fingerprint density at radius 1 is 1.16 bits per heavy atom. The van der Waals surface area contributed by atoms with Gasteiger partial charge in [-0.25, -0.2) is 9.97 Å². The van der Waals surface area contributed by atoms with E-state index in [1.165, 1.54) is 0 Å². The average molecular weight is 503 g/mol. The Hall–Kier alpha value is -2.64. The molecular weight excluding hydrogens is 478 g/mol. The number of aryl methyl sites for hydroxylation is 1. The third kappa shape index (κ3) is 5.35. The molecule has 31 heavy (non-hydrogen) atoms. The first kappa shape index (κ1) is 23.0. The first-order chi connectivity index (χ1) is 14.8. The minimum atomic E-state index is -0.165. The van der Waals surface area contributed by atoms with E-state index in [4.69, 9.17) is 22.1 Å². The van der Waals surface area contributed by atoms with Gasteiger partial charge in [-0.05, 0) is 54.4 Å². The van der Waals surface area contributed by atoms with Crippen LogP contribution in [0.2, 0.25) is 5.02 Å². The minimum Gasteiger partial charge on any atom is -0.493 e. The number of aromatic amines is 1. The maximum Gasteiger partial charge on any atom is 0.131 e. The van der Waals surface area contributed by atoms with Crippen molar-refractivity contribution in [1.29, 1.82) is 0 Å². The maximum absolute atomic E-state index is 6.68. The minimum absolute atomic E-state index is 0.165. The fraction of sp³-hybridized carbons (Fsp3) is 0.261. The molecule has 0 aliphatic heterocycles. The zero-order valence-electron chi connectivity index (χ0n) is 17.9. The number of hydrogen-bond acceptors (Lipinski definition) is 5. The van der Waals surface area contributed by atoms with Crippen LogP contribution in [0, 0.1) is 13.8 Å². The zero-order chi connectivity index (χ0) is 22.5. The molecule has 0 amide bonds. The van der Waals surface area contributed by atoms with Crippen molar-refractivity contribution < 1.29 is 4.74 Å². The van der Waals surface area contributed by atoms with E-state index in [0.717, 1.165) is 33.7 Å². The molecule has 0 bridgehead atoms. The normalized spacial score (nSPS) is 11.7. The molecule has 6 nitrogen and oxygen atoms in total. The average Bonchev–Trinajstić information content (AvgIpc) is 2.81. The third-order valence-electron chi connectivity index (χ3n) is 4.90. The van der Waals surface area contributed by atoms with Crippen LogP contribution >= 0.6 is 27.5 Å².